The van der Waals surface area contributed by atoms with E-state index >= 15 is 0 Å². The van der Waals surface area contributed by atoms with Crippen LogP contribution in [0.25, 0.3) is 0 Å². The number of hydrogen-bond donors (Lipinski definition) is 1. The number of piperidine rings is 1. The Kier molecular flexibility index (Phi) is 3.62. The van der Waals surface area contributed by atoms with Gasteiger partial charge < -0.3 is 10.6 Å². The van der Waals surface area contributed by atoms with Gasteiger partial charge in [-0.05, 0) is 29.4 Å². The highest BCUT2D eigenvalue weighted by molar-refractivity contribution is 5.55. The minimum absolute atomic E-state index is 0.119. The van der Waals surface area contributed by atoms with Crippen molar-refractivity contribution in [2.45, 2.75) is 45.6 Å². The molecule has 1 aliphatic rings. The van der Waals surface area contributed by atoms with Crippen LogP contribution in [0.4, 0.5) is 5.69 Å². The van der Waals surface area contributed by atoms with Gasteiger partial charge in [0.1, 0.15) is 0 Å². The van der Waals surface area contributed by atoms with Crippen LogP contribution in [0, 0.1) is 5.92 Å². The Morgan fingerprint density at radius 2 is 2.06 bits per heavy atom. The van der Waals surface area contributed by atoms with Crippen LogP contribution in [0.3, 0.4) is 0 Å². The molecule has 2 rings (SSSR count). The van der Waals surface area contributed by atoms with E-state index < -0.39 is 0 Å². The Bertz CT molecular complexity index is 398. The van der Waals surface area contributed by atoms with E-state index in [4.69, 9.17) is 5.73 Å². The topological polar surface area (TPSA) is 42.1 Å². The van der Waals surface area contributed by atoms with Crippen molar-refractivity contribution < 1.29 is 0 Å². The van der Waals surface area contributed by atoms with Crippen LogP contribution in [-0.2, 0) is 5.41 Å². The van der Waals surface area contributed by atoms with Gasteiger partial charge in [0.2, 0.25) is 0 Å². The summed E-state index contributed by atoms with van der Waals surface area (Å²) < 4.78 is 0. The molecule has 0 amide bonds. The molecule has 2 unspecified atom stereocenters. The Labute approximate surface area is 110 Å². The fraction of sp³-hybridized carbons (Fsp3) is 0.667. The van der Waals surface area contributed by atoms with Gasteiger partial charge in [-0.1, -0.05) is 27.7 Å². The van der Waals surface area contributed by atoms with E-state index in [1.807, 2.05) is 12.4 Å². The number of nitrogens with two attached hydrogens (primary N) is 1. The lowest BCUT2D eigenvalue weighted by Gasteiger charge is -2.39. The summed E-state index contributed by atoms with van der Waals surface area (Å²) in [7, 11) is 0. The third-order valence-electron chi connectivity index (χ3n) is 3.64. The summed E-state index contributed by atoms with van der Waals surface area (Å²) >= 11 is 0. The molecule has 0 radical (unpaired) electrons. The average Bonchev–Trinajstić information content (AvgIpc) is 2.26. The van der Waals surface area contributed by atoms with Gasteiger partial charge in [-0.25, -0.2) is 0 Å². The molecule has 2 atom stereocenters. The van der Waals surface area contributed by atoms with Crippen molar-refractivity contribution in [3.63, 3.8) is 0 Å². The maximum Gasteiger partial charge on any atom is 0.0435 e. The predicted molar refractivity (Wildman–Crippen MR) is 76.9 cm³/mol. The number of anilines is 1. The lowest BCUT2D eigenvalue weighted by Crippen LogP contribution is -2.47. The molecule has 3 nitrogen and oxygen atoms in total. The molecule has 1 saturated heterocycles. The van der Waals surface area contributed by atoms with Crippen molar-refractivity contribution in [2.24, 2.45) is 11.7 Å². The van der Waals surface area contributed by atoms with Gasteiger partial charge in [-0.3, -0.25) is 4.98 Å². The maximum absolute atomic E-state index is 6.15. The Morgan fingerprint density at radius 1 is 1.33 bits per heavy atom. The molecule has 2 heterocycles. The molecular formula is C15H25N3. The van der Waals surface area contributed by atoms with Crippen LogP contribution in [0.15, 0.2) is 18.5 Å². The maximum atomic E-state index is 6.15. The quantitative estimate of drug-likeness (QED) is 0.829. The van der Waals surface area contributed by atoms with Crippen molar-refractivity contribution in [3.05, 3.63) is 24.0 Å². The van der Waals surface area contributed by atoms with Crippen molar-refractivity contribution in [2.75, 3.05) is 18.0 Å². The largest absolute Gasteiger partial charge is 0.369 e. The number of pyridine rings is 1. The molecule has 0 aromatic carbocycles. The predicted octanol–water partition coefficient (Wildman–Crippen LogP) is 2.55. The van der Waals surface area contributed by atoms with Gasteiger partial charge >= 0.3 is 0 Å². The van der Waals surface area contributed by atoms with E-state index in [1.165, 1.54) is 11.3 Å². The molecule has 1 aliphatic heterocycles. The summed E-state index contributed by atoms with van der Waals surface area (Å²) in [5, 5.41) is 0. The van der Waals surface area contributed by atoms with Crippen LogP contribution >= 0.6 is 0 Å². The second-order valence-corrected chi connectivity index (χ2v) is 6.65. The van der Waals surface area contributed by atoms with Crippen LogP contribution in [-0.4, -0.2) is 24.1 Å². The smallest absolute Gasteiger partial charge is 0.0435 e. The molecule has 18 heavy (non-hydrogen) atoms. The molecule has 100 valence electrons. The normalized spacial score (nSPS) is 25.3. The second-order valence-electron chi connectivity index (χ2n) is 6.65. The summed E-state index contributed by atoms with van der Waals surface area (Å²) in [4.78, 5) is 6.72. The summed E-state index contributed by atoms with van der Waals surface area (Å²) in [6.45, 7) is 11.0. The molecule has 1 fully saturated rings. The molecule has 0 saturated carbocycles. The highest BCUT2D eigenvalue weighted by atomic mass is 15.2. The van der Waals surface area contributed by atoms with Gasteiger partial charge in [0.25, 0.3) is 0 Å². The highest BCUT2D eigenvalue weighted by Crippen LogP contribution is 2.33. The number of hydrogen-bond acceptors (Lipinski definition) is 3. The van der Waals surface area contributed by atoms with E-state index in [9.17, 15) is 0 Å². The minimum atomic E-state index is 0.119. The number of rotatable bonds is 1. The molecular weight excluding hydrogens is 222 g/mol. The van der Waals surface area contributed by atoms with E-state index in [-0.39, 0.29) is 11.5 Å². The fourth-order valence-electron chi connectivity index (χ4n) is 2.84. The standard InChI is InChI=1S/C15H25N3/c1-11-7-12(16)10-18(9-11)14-5-6-17-8-13(14)15(2,3)4/h5-6,8,11-12H,7,9-10,16H2,1-4H3. The van der Waals surface area contributed by atoms with Crippen molar-refractivity contribution >= 4 is 5.69 Å². The zero-order chi connectivity index (χ0) is 13.3. The zero-order valence-corrected chi connectivity index (χ0v) is 12.0. The Morgan fingerprint density at radius 3 is 2.67 bits per heavy atom. The summed E-state index contributed by atoms with van der Waals surface area (Å²) in [5.74, 6) is 0.662. The van der Waals surface area contributed by atoms with E-state index in [1.54, 1.807) is 0 Å². The van der Waals surface area contributed by atoms with E-state index in [0.29, 0.717) is 5.92 Å². The van der Waals surface area contributed by atoms with E-state index in [2.05, 4.69) is 43.6 Å². The first kappa shape index (κ1) is 13.3. The number of aromatic nitrogens is 1. The van der Waals surface area contributed by atoms with Crippen molar-refractivity contribution in [1.29, 1.82) is 0 Å². The lowest BCUT2D eigenvalue weighted by atomic mass is 9.86. The van der Waals surface area contributed by atoms with Gasteiger partial charge in [0.15, 0.2) is 0 Å². The highest BCUT2D eigenvalue weighted by Gasteiger charge is 2.26. The lowest BCUT2D eigenvalue weighted by molar-refractivity contribution is 0.399. The third-order valence-corrected chi connectivity index (χ3v) is 3.64. The van der Waals surface area contributed by atoms with Crippen molar-refractivity contribution in [1.82, 2.24) is 4.98 Å². The molecule has 1 aromatic heterocycles. The SMILES string of the molecule is CC1CC(N)CN(c2ccncc2C(C)(C)C)C1. The monoisotopic (exact) mass is 247 g/mol. The first-order valence-electron chi connectivity index (χ1n) is 6.83. The zero-order valence-electron chi connectivity index (χ0n) is 12.0. The molecule has 0 bridgehead atoms. The molecule has 2 N–H and O–H groups in total. The van der Waals surface area contributed by atoms with Gasteiger partial charge in [0, 0.05) is 37.2 Å². The first-order chi connectivity index (χ1) is 8.38. The minimum Gasteiger partial charge on any atom is -0.369 e. The van der Waals surface area contributed by atoms with E-state index in [0.717, 1.165) is 19.5 Å². The van der Waals surface area contributed by atoms with Crippen LogP contribution in [0.2, 0.25) is 0 Å². The van der Waals surface area contributed by atoms with Gasteiger partial charge in [-0.2, -0.15) is 0 Å². The molecule has 3 heteroatoms. The summed E-state index contributed by atoms with van der Waals surface area (Å²) in [6, 6.07) is 2.42. The first-order valence-corrected chi connectivity index (χ1v) is 6.83. The van der Waals surface area contributed by atoms with Crippen LogP contribution in [0.5, 0.6) is 0 Å². The Balaban J connectivity index is 2.33. The van der Waals surface area contributed by atoms with Crippen LogP contribution < -0.4 is 10.6 Å². The Hall–Kier alpha value is -1.09. The summed E-state index contributed by atoms with van der Waals surface area (Å²) in [5.41, 5.74) is 8.89. The second kappa shape index (κ2) is 4.88. The fourth-order valence-corrected chi connectivity index (χ4v) is 2.84. The van der Waals surface area contributed by atoms with Gasteiger partial charge in [-0.15, -0.1) is 0 Å². The molecule has 0 aliphatic carbocycles. The molecule has 0 spiro atoms. The van der Waals surface area contributed by atoms with Crippen molar-refractivity contribution in [3.8, 4) is 0 Å². The van der Waals surface area contributed by atoms with Crippen LogP contribution in [0.1, 0.15) is 39.7 Å². The number of nitrogens with zero attached hydrogens (tertiary/aromatic N) is 2. The molecule has 1 aromatic rings. The third kappa shape index (κ3) is 2.83. The van der Waals surface area contributed by atoms with Gasteiger partial charge in [0.05, 0.1) is 0 Å². The summed E-state index contributed by atoms with van der Waals surface area (Å²) in [6.07, 6.45) is 5.02. The average molecular weight is 247 g/mol.